The molecule has 0 fully saturated rings. The Kier molecular flexibility index (Phi) is 3.00. The lowest BCUT2D eigenvalue weighted by Gasteiger charge is -2.00. The third kappa shape index (κ3) is 2.48. The second kappa shape index (κ2) is 4.61. The van der Waals surface area contributed by atoms with Crippen LogP contribution in [0.15, 0.2) is 43.0 Å². The molecule has 0 atom stereocenters. The van der Waals surface area contributed by atoms with E-state index in [1.54, 1.807) is 24.5 Å². The number of ketones is 1. The van der Waals surface area contributed by atoms with Crippen molar-refractivity contribution in [1.29, 1.82) is 0 Å². The van der Waals surface area contributed by atoms with E-state index >= 15 is 0 Å². The van der Waals surface area contributed by atoms with Crippen LogP contribution in [-0.4, -0.2) is 15.8 Å². The largest absolute Gasteiger partial charge is 0.294 e. The first kappa shape index (κ1) is 10.4. The van der Waals surface area contributed by atoms with E-state index in [0.717, 1.165) is 11.8 Å². The van der Waals surface area contributed by atoms with Crippen molar-refractivity contribution < 1.29 is 9.18 Å². The van der Waals surface area contributed by atoms with Gasteiger partial charge in [0.2, 0.25) is 0 Å². The minimum absolute atomic E-state index is 0.154. The number of carbonyl (C=O) groups excluding carboxylic acids is 1. The Hall–Kier alpha value is -2.10. The normalized spacial score (nSPS) is 10.1. The monoisotopic (exact) mass is 216 g/mol. The Morgan fingerprint density at radius 1 is 1.19 bits per heavy atom. The van der Waals surface area contributed by atoms with Gasteiger partial charge < -0.3 is 0 Å². The highest BCUT2D eigenvalue weighted by Gasteiger charge is 2.08. The molecular formula is C12H9FN2O. The van der Waals surface area contributed by atoms with E-state index in [9.17, 15) is 9.18 Å². The van der Waals surface area contributed by atoms with E-state index in [1.165, 1.54) is 12.3 Å². The first-order valence-electron chi connectivity index (χ1n) is 4.78. The van der Waals surface area contributed by atoms with Gasteiger partial charge in [0, 0.05) is 30.6 Å². The molecule has 0 spiro atoms. The molecule has 0 aromatic carbocycles. The van der Waals surface area contributed by atoms with E-state index < -0.39 is 5.82 Å². The SMILES string of the molecule is O=C(Cc1ccncc1)c1cncc(F)c1. The predicted molar refractivity (Wildman–Crippen MR) is 56.5 cm³/mol. The smallest absolute Gasteiger partial charge is 0.168 e. The first-order chi connectivity index (χ1) is 7.75. The van der Waals surface area contributed by atoms with Crippen molar-refractivity contribution in [1.82, 2.24) is 9.97 Å². The van der Waals surface area contributed by atoms with Gasteiger partial charge in [0.15, 0.2) is 5.78 Å². The number of rotatable bonds is 3. The minimum Gasteiger partial charge on any atom is -0.294 e. The maximum atomic E-state index is 12.8. The number of hydrogen-bond donors (Lipinski definition) is 0. The summed E-state index contributed by atoms with van der Waals surface area (Å²) in [4.78, 5) is 19.2. The van der Waals surface area contributed by atoms with Crippen LogP contribution in [0.25, 0.3) is 0 Å². The zero-order valence-electron chi connectivity index (χ0n) is 8.43. The molecule has 0 aliphatic carbocycles. The van der Waals surface area contributed by atoms with E-state index in [1.807, 2.05) is 0 Å². The van der Waals surface area contributed by atoms with Crippen LogP contribution in [0.3, 0.4) is 0 Å². The number of Topliss-reactive ketones (excluding diaryl/α,β-unsaturated/α-hetero) is 1. The molecule has 0 saturated heterocycles. The van der Waals surface area contributed by atoms with Crippen LogP contribution in [0.4, 0.5) is 4.39 Å². The van der Waals surface area contributed by atoms with Crippen LogP contribution < -0.4 is 0 Å². The first-order valence-corrected chi connectivity index (χ1v) is 4.78. The van der Waals surface area contributed by atoms with Crippen molar-refractivity contribution in [2.24, 2.45) is 0 Å². The van der Waals surface area contributed by atoms with E-state index in [-0.39, 0.29) is 17.8 Å². The van der Waals surface area contributed by atoms with Gasteiger partial charge in [-0.15, -0.1) is 0 Å². The predicted octanol–water partition coefficient (Wildman–Crippen LogP) is 2.04. The molecule has 2 aromatic heterocycles. The van der Waals surface area contributed by atoms with Crippen molar-refractivity contribution in [2.75, 3.05) is 0 Å². The number of pyridine rings is 2. The average molecular weight is 216 g/mol. The second-order valence-electron chi connectivity index (χ2n) is 3.35. The zero-order chi connectivity index (χ0) is 11.4. The Bertz CT molecular complexity index is 499. The molecule has 0 unspecified atom stereocenters. The standard InChI is InChI=1S/C12H9FN2O/c13-11-6-10(7-15-8-11)12(16)5-9-1-3-14-4-2-9/h1-4,6-8H,5H2. The van der Waals surface area contributed by atoms with Gasteiger partial charge >= 0.3 is 0 Å². The fraction of sp³-hybridized carbons (Fsp3) is 0.0833. The van der Waals surface area contributed by atoms with Gasteiger partial charge in [-0.05, 0) is 23.8 Å². The third-order valence-corrected chi connectivity index (χ3v) is 2.14. The fourth-order valence-corrected chi connectivity index (χ4v) is 1.35. The Balaban J connectivity index is 2.15. The van der Waals surface area contributed by atoms with Gasteiger partial charge in [0.05, 0.1) is 6.20 Å². The number of hydrogen-bond acceptors (Lipinski definition) is 3. The van der Waals surface area contributed by atoms with Gasteiger partial charge in [0.25, 0.3) is 0 Å². The molecule has 0 saturated carbocycles. The lowest BCUT2D eigenvalue weighted by atomic mass is 10.1. The van der Waals surface area contributed by atoms with E-state index in [2.05, 4.69) is 9.97 Å². The number of halogens is 1. The maximum Gasteiger partial charge on any atom is 0.168 e. The molecule has 2 heterocycles. The van der Waals surface area contributed by atoms with Gasteiger partial charge in [0.1, 0.15) is 5.82 Å². The summed E-state index contributed by atoms with van der Waals surface area (Å²) in [5.74, 6) is -0.654. The van der Waals surface area contributed by atoms with Crippen LogP contribution in [0.1, 0.15) is 15.9 Å². The van der Waals surface area contributed by atoms with E-state index in [0.29, 0.717) is 0 Å². The highest BCUT2D eigenvalue weighted by Crippen LogP contribution is 2.07. The molecule has 0 bridgehead atoms. The summed E-state index contributed by atoms with van der Waals surface area (Å²) in [5, 5.41) is 0. The molecule has 0 aliphatic heterocycles. The quantitative estimate of drug-likeness (QED) is 0.737. The molecule has 2 aromatic rings. The van der Waals surface area contributed by atoms with Crippen LogP contribution in [0, 0.1) is 5.82 Å². The number of carbonyl (C=O) groups is 1. The summed E-state index contributed by atoms with van der Waals surface area (Å²) < 4.78 is 12.8. The molecule has 3 nitrogen and oxygen atoms in total. The Morgan fingerprint density at radius 2 is 1.94 bits per heavy atom. The third-order valence-electron chi connectivity index (χ3n) is 2.14. The van der Waals surface area contributed by atoms with Crippen LogP contribution in [-0.2, 0) is 6.42 Å². The van der Waals surface area contributed by atoms with Crippen molar-refractivity contribution in [3.8, 4) is 0 Å². The summed E-state index contributed by atoms with van der Waals surface area (Å²) in [5.41, 5.74) is 1.14. The second-order valence-corrected chi connectivity index (χ2v) is 3.35. The molecule has 4 heteroatoms. The lowest BCUT2D eigenvalue weighted by molar-refractivity contribution is 0.0992. The van der Waals surface area contributed by atoms with Crippen molar-refractivity contribution >= 4 is 5.78 Å². The molecule has 80 valence electrons. The average Bonchev–Trinajstić information content (AvgIpc) is 2.30. The molecule has 0 amide bonds. The molecule has 0 N–H and O–H groups in total. The van der Waals surface area contributed by atoms with Gasteiger partial charge in [-0.3, -0.25) is 14.8 Å². The summed E-state index contributed by atoms with van der Waals surface area (Å²) in [6.07, 6.45) is 5.91. The summed E-state index contributed by atoms with van der Waals surface area (Å²) in [6, 6.07) is 4.70. The molecule has 0 aliphatic rings. The van der Waals surface area contributed by atoms with Gasteiger partial charge in [-0.25, -0.2) is 4.39 Å². The van der Waals surface area contributed by atoms with Crippen LogP contribution in [0.2, 0.25) is 0 Å². The zero-order valence-corrected chi connectivity index (χ0v) is 8.43. The van der Waals surface area contributed by atoms with Crippen molar-refractivity contribution in [2.45, 2.75) is 6.42 Å². The highest BCUT2D eigenvalue weighted by molar-refractivity contribution is 5.97. The number of nitrogens with zero attached hydrogens (tertiary/aromatic N) is 2. The Labute approximate surface area is 92.0 Å². The summed E-state index contributed by atoms with van der Waals surface area (Å²) in [7, 11) is 0. The van der Waals surface area contributed by atoms with Crippen LogP contribution >= 0.6 is 0 Å². The Morgan fingerprint density at radius 3 is 2.62 bits per heavy atom. The topological polar surface area (TPSA) is 42.9 Å². The maximum absolute atomic E-state index is 12.8. The number of aromatic nitrogens is 2. The van der Waals surface area contributed by atoms with Crippen molar-refractivity contribution in [3.05, 3.63) is 59.9 Å². The van der Waals surface area contributed by atoms with E-state index in [4.69, 9.17) is 0 Å². The van der Waals surface area contributed by atoms with Gasteiger partial charge in [-0.1, -0.05) is 0 Å². The van der Waals surface area contributed by atoms with Gasteiger partial charge in [-0.2, -0.15) is 0 Å². The lowest BCUT2D eigenvalue weighted by Crippen LogP contribution is -2.04. The fourth-order valence-electron chi connectivity index (χ4n) is 1.35. The molecular weight excluding hydrogens is 207 g/mol. The summed E-state index contributed by atoms with van der Waals surface area (Å²) in [6.45, 7) is 0. The molecule has 16 heavy (non-hydrogen) atoms. The summed E-state index contributed by atoms with van der Waals surface area (Å²) >= 11 is 0. The molecule has 2 rings (SSSR count). The van der Waals surface area contributed by atoms with Crippen LogP contribution in [0.5, 0.6) is 0 Å². The van der Waals surface area contributed by atoms with Crippen molar-refractivity contribution in [3.63, 3.8) is 0 Å². The molecule has 0 radical (unpaired) electrons. The highest BCUT2D eigenvalue weighted by atomic mass is 19.1. The minimum atomic E-state index is -0.499.